The minimum atomic E-state index is -4.63. The fourth-order valence-electron chi connectivity index (χ4n) is 3.71. The van der Waals surface area contributed by atoms with Gasteiger partial charge in [-0.2, -0.15) is 13.2 Å². The number of amides is 1. The lowest BCUT2D eigenvalue weighted by molar-refractivity contribution is -0.137. The van der Waals surface area contributed by atoms with Crippen LogP contribution in [0.5, 0.6) is 0 Å². The number of hydrogen-bond acceptors (Lipinski definition) is 4. The molecular formula is C20H18ClF3N4O. The molecular weight excluding hydrogens is 405 g/mol. The monoisotopic (exact) mass is 422 g/mol. The number of carbonyl (C=O) groups excluding carboxylic acids is 1. The van der Waals surface area contributed by atoms with E-state index in [2.05, 4.69) is 11.0 Å². The standard InChI is InChI=1S/C20H18ClF3N4O/c1-12-18-16(25-26-28(18)13-6-3-2-4-7-13)10-11-27(12)19(29)14-8-5-9-15(17(14)21)20(22,23)24/h2-9,12,25-26H,10-11H2,1H3. The third-order valence-electron chi connectivity index (χ3n) is 5.14. The molecule has 2 aromatic carbocycles. The number of anilines is 1. The molecule has 2 aliphatic rings. The molecule has 29 heavy (non-hydrogen) atoms. The van der Waals surface area contributed by atoms with Crippen LogP contribution in [0.15, 0.2) is 59.9 Å². The van der Waals surface area contributed by atoms with Crippen molar-refractivity contribution >= 4 is 23.2 Å². The Balaban J connectivity index is 1.66. The number of hydrogen-bond donors (Lipinski definition) is 2. The zero-order valence-corrected chi connectivity index (χ0v) is 16.2. The van der Waals surface area contributed by atoms with E-state index in [1.54, 1.807) is 4.90 Å². The van der Waals surface area contributed by atoms with E-state index in [0.29, 0.717) is 13.0 Å². The van der Waals surface area contributed by atoms with Gasteiger partial charge in [-0.15, -0.1) is 5.53 Å². The lowest BCUT2D eigenvalue weighted by atomic mass is 10.0. The lowest BCUT2D eigenvalue weighted by Crippen LogP contribution is -2.47. The third-order valence-corrected chi connectivity index (χ3v) is 5.55. The predicted molar refractivity (Wildman–Crippen MR) is 104 cm³/mol. The molecule has 9 heteroatoms. The Hall–Kier alpha value is -2.71. The van der Waals surface area contributed by atoms with E-state index in [-0.39, 0.29) is 11.6 Å². The van der Waals surface area contributed by atoms with Crippen LogP contribution in [0.2, 0.25) is 5.02 Å². The van der Waals surface area contributed by atoms with E-state index in [1.807, 2.05) is 42.3 Å². The van der Waals surface area contributed by atoms with Crippen molar-refractivity contribution in [1.82, 2.24) is 15.9 Å². The molecule has 0 saturated carbocycles. The highest BCUT2D eigenvalue weighted by Crippen LogP contribution is 2.38. The van der Waals surface area contributed by atoms with Gasteiger partial charge in [0.05, 0.1) is 39.3 Å². The molecule has 152 valence electrons. The maximum atomic E-state index is 13.2. The third kappa shape index (κ3) is 3.42. The normalized spacial score (nSPS) is 19.3. The van der Waals surface area contributed by atoms with E-state index in [4.69, 9.17) is 11.6 Å². The number of nitrogens with zero attached hydrogens (tertiary/aromatic N) is 2. The number of hydrazine groups is 2. The van der Waals surface area contributed by atoms with Crippen LogP contribution in [0.1, 0.15) is 29.3 Å². The summed E-state index contributed by atoms with van der Waals surface area (Å²) in [5.74, 6) is -0.528. The van der Waals surface area contributed by atoms with Gasteiger partial charge in [-0.25, -0.2) is 0 Å². The Bertz CT molecular complexity index is 977. The summed E-state index contributed by atoms with van der Waals surface area (Å²) in [5.41, 5.74) is 7.71. The average Bonchev–Trinajstić information content (AvgIpc) is 3.13. The Morgan fingerprint density at radius 2 is 1.86 bits per heavy atom. The SMILES string of the molecule is CC1C2=C(CCN1C(=O)c1cccc(C(F)(F)F)c1Cl)NNN2c1ccccc1. The molecule has 1 atom stereocenters. The van der Waals surface area contributed by atoms with Gasteiger partial charge in [0.15, 0.2) is 0 Å². The summed E-state index contributed by atoms with van der Waals surface area (Å²) >= 11 is 5.98. The van der Waals surface area contributed by atoms with Crippen molar-refractivity contribution in [1.29, 1.82) is 0 Å². The first-order valence-electron chi connectivity index (χ1n) is 9.05. The molecule has 2 heterocycles. The number of rotatable bonds is 2. The number of carbonyl (C=O) groups is 1. The first-order chi connectivity index (χ1) is 13.8. The highest BCUT2D eigenvalue weighted by molar-refractivity contribution is 6.34. The van der Waals surface area contributed by atoms with Crippen molar-refractivity contribution in [3.05, 3.63) is 76.1 Å². The molecule has 2 N–H and O–H groups in total. The smallest absolute Gasteiger partial charge is 0.330 e. The van der Waals surface area contributed by atoms with Gasteiger partial charge in [0, 0.05) is 13.0 Å². The molecule has 0 saturated heterocycles. The number of nitrogens with one attached hydrogen (secondary N) is 2. The van der Waals surface area contributed by atoms with Crippen LogP contribution >= 0.6 is 11.6 Å². The van der Waals surface area contributed by atoms with Gasteiger partial charge >= 0.3 is 6.18 Å². The fraction of sp³-hybridized carbons (Fsp3) is 0.250. The summed E-state index contributed by atoms with van der Waals surface area (Å²) in [6, 6.07) is 12.6. The van der Waals surface area contributed by atoms with Crippen LogP contribution in [0.25, 0.3) is 0 Å². The molecule has 2 aromatic rings. The number of halogens is 4. The van der Waals surface area contributed by atoms with Crippen LogP contribution < -0.4 is 16.0 Å². The van der Waals surface area contributed by atoms with Crippen molar-refractivity contribution in [2.45, 2.75) is 25.6 Å². The van der Waals surface area contributed by atoms with Gasteiger partial charge in [-0.3, -0.25) is 9.80 Å². The van der Waals surface area contributed by atoms with Gasteiger partial charge in [0.1, 0.15) is 0 Å². The topological polar surface area (TPSA) is 47.6 Å². The summed E-state index contributed by atoms with van der Waals surface area (Å²) in [5, 5.41) is 1.27. The van der Waals surface area contributed by atoms with E-state index >= 15 is 0 Å². The average molecular weight is 423 g/mol. The van der Waals surface area contributed by atoms with E-state index in [1.165, 1.54) is 12.1 Å². The van der Waals surface area contributed by atoms with Crippen molar-refractivity contribution < 1.29 is 18.0 Å². The molecule has 0 bridgehead atoms. The molecule has 5 nitrogen and oxygen atoms in total. The Kier molecular flexibility index (Phi) is 4.92. The van der Waals surface area contributed by atoms with Gasteiger partial charge < -0.3 is 10.3 Å². The van der Waals surface area contributed by atoms with Crippen LogP contribution in [0.3, 0.4) is 0 Å². The second-order valence-corrected chi connectivity index (χ2v) is 7.24. The predicted octanol–water partition coefficient (Wildman–Crippen LogP) is 4.33. The van der Waals surface area contributed by atoms with Gasteiger partial charge in [0.25, 0.3) is 5.91 Å². The number of para-hydroxylation sites is 1. The molecule has 0 radical (unpaired) electrons. The van der Waals surface area contributed by atoms with Crippen LogP contribution in [-0.4, -0.2) is 23.4 Å². The Labute approximate surface area is 170 Å². The van der Waals surface area contributed by atoms with Crippen LogP contribution in [0, 0.1) is 0 Å². The molecule has 1 unspecified atom stereocenters. The maximum absolute atomic E-state index is 13.2. The van der Waals surface area contributed by atoms with E-state index < -0.39 is 22.7 Å². The second kappa shape index (κ2) is 7.27. The molecule has 0 aromatic heterocycles. The zero-order valence-electron chi connectivity index (χ0n) is 15.4. The van der Waals surface area contributed by atoms with Crippen molar-refractivity contribution in [2.24, 2.45) is 0 Å². The van der Waals surface area contributed by atoms with Crippen molar-refractivity contribution in [3.8, 4) is 0 Å². The summed E-state index contributed by atoms with van der Waals surface area (Å²) in [6.45, 7) is 2.21. The molecule has 0 spiro atoms. The second-order valence-electron chi connectivity index (χ2n) is 6.86. The lowest BCUT2D eigenvalue weighted by Gasteiger charge is -2.37. The van der Waals surface area contributed by atoms with Gasteiger partial charge in [0.2, 0.25) is 0 Å². The number of benzene rings is 2. The summed E-state index contributed by atoms with van der Waals surface area (Å²) in [4.78, 5) is 14.7. The fourth-order valence-corrected chi connectivity index (χ4v) is 4.03. The minimum Gasteiger partial charge on any atom is -0.330 e. The van der Waals surface area contributed by atoms with Gasteiger partial charge in [-0.05, 0) is 31.2 Å². The molecule has 0 aliphatic carbocycles. The van der Waals surface area contributed by atoms with Crippen LogP contribution in [-0.2, 0) is 6.18 Å². The van der Waals surface area contributed by atoms with Crippen LogP contribution in [0.4, 0.5) is 18.9 Å². The highest BCUT2D eigenvalue weighted by atomic mass is 35.5. The molecule has 0 fully saturated rings. The molecule has 2 aliphatic heterocycles. The van der Waals surface area contributed by atoms with Crippen molar-refractivity contribution in [2.75, 3.05) is 11.6 Å². The summed E-state index contributed by atoms with van der Waals surface area (Å²) in [6.07, 6.45) is -4.09. The quantitative estimate of drug-likeness (QED) is 0.756. The van der Waals surface area contributed by atoms with E-state index in [0.717, 1.165) is 23.1 Å². The summed E-state index contributed by atoms with van der Waals surface area (Å²) < 4.78 is 39.6. The first kappa shape index (κ1) is 19.6. The van der Waals surface area contributed by atoms with E-state index in [9.17, 15) is 18.0 Å². The van der Waals surface area contributed by atoms with Crippen molar-refractivity contribution in [3.63, 3.8) is 0 Å². The highest BCUT2D eigenvalue weighted by Gasteiger charge is 2.39. The number of alkyl halides is 3. The zero-order chi connectivity index (χ0) is 20.8. The molecule has 4 rings (SSSR count). The first-order valence-corrected chi connectivity index (χ1v) is 9.43. The maximum Gasteiger partial charge on any atom is 0.417 e. The Morgan fingerprint density at radius 3 is 2.55 bits per heavy atom. The minimum absolute atomic E-state index is 0.150. The van der Waals surface area contributed by atoms with Gasteiger partial charge in [-0.1, -0.05) is 35.9 Å². The summed E-state index contributed by atoms with van der Waals surface area (Å²) in [7, 11) is 0. The largest absolute Gasteiger partial charge is 0.417 e. The molecule has 1 amide bonds. The Morgan fingerprint density at radius 1 is 1.14 bits per heavy atom.